The number of benzene rings is 5. The van der Waals surface area contributed by atoms with Gasteiger partial charge in [0, 0.05) is 34.1 Å². The second-order valence-electron chi connectivity index (χ2n) is 13.0. The van der Waals surface area contributed by atoms with Crippen molar-refractivity contribution in [2.24, 2.45) is 0 Å². The van der Waals surface area contributed by atoms with E-state index < -0.39 is 24.2 Å². The number of anilines is 1. The minimum absolute atomic E-state index is 0. The quantitative estimate of drug-likeness (QED) is 0.124. The Morgan fingerprint density at radius 2 is 1.65 bits per heavy atom. The normalized spacial score (nSPS) is 16.1. The van der Waals surface area contributed by atoms with Crippen molar-refractivity contribution < 1.29 is 28.6 Å². The molecule has 0 aliphatic carbocycles. The number of hydrogen-bond acceptors (Lipinski definition) is 8. The second kappa shape index (κ2) is 17.3. The van der Waals surface area contributed by atoms with Gasteiger partial charge in [-0.2, -0.15) is 5.26 Å². The number of methoxy groups -OCH3 is 1. The summed E-state index contributed by atoms with van der Waals surface area (Å²) < 4.78 is 17.1. The summed E-state index contributed by atoms with van der Waals surface area (Å²) in [6, 6.07) is 31.6. The van der Waals surface area contributed by atoms with Crippen molar-refractivity contribution in [2.45, 2.75) is 44.2 Å². The third-order valence-electron chi connectivity index (χ3n) is 9.45. The lowest BCUT2D eigenvalue weighted by atomic mass is 9.93. The molecule has 0 saturated heterocycles. The highest BCUT2D eigenvalue weighted by Gasteiger charge is 2.33. The van der Waals surface area contributed by atoms with E-state index in [1.54, 1.807) is 54.6 Å². The Morgan fingerprint density at radius 3 is 2.35 bits per heavy atom. The maximum atomic E-state index is 13.5. The van der Waals surface area contributed by atoms with Crippen LogP contribution < -0.4 is 25.4 Å². The van der Waals surface area contributed by atoms with E-state index in [9.17, 15) is 14.4 Å². The summed E-state index contributed by atoms with van der Waals surface area (Å²) in [5, 5.41) is 19.3. The number of fused-ring (bicyclic) bond motifs is 2. The molecule has 2 heterocycles. The minimum atomic E-state index is -0.901. The van der Waals surface area contributed by atoms with E-state index in [1.165, 1.54) is 7.11 Å². The molecule has 3 atom stereocenters. The van der Waals surface area contributed by atoms with Gasteiger partial charge in [-0.3, -0.25) is 9.59 Å². The molecule has 2 aliphatic rings. The van der Waals surface area contributed by atoms with E-state index >= 15 is 0 Å². The minimum Gasteiger partial charge on any atom is -0.489 e. The fourth-order valence-corrected chi connectivity index (χ4v) is 6.86. The van der Waals surface area contributed by atoms with E-state index in [0.717, 1.165) is 33.4 Å². The first-order valence-corrected chi connectivity index (χ1v) is 17.9. The monoisotopic (exact) mass is 796 g/mol. The fourth-order valence-electron chi connectivity index (χ4n) is 6.49. The van der Waals surface area contributed by atoms with Crippen LogP contribution in [0.3, 0.4) is 0 Å². The third-order valence-corrected chi connectivity index (χ3v) is 10.1. The molecule has 280 valence electrons. The standard InChI is InChI=1S/C42H34Cl2N4O6.ClH/c1-52-42(51)37(16-24-2-6-26(7-3-24)27-8-4-25(21-45)5-9-27)48-40(49)36-19-29-18-35-38(20-30(29)22-46-36)54-39(41(50)47-35)28-10-13-33(14-11-28)53-23-31-17-32(43)12-15-34(31)44;/h2-15,17-18,20,36-37,39,46H,16,19,22-23H2,1H3,(H,47,50)(H,48,49);1H/t36?,37-,39-;/m0./s1. The molecule has 3 N–H and O–H groups in total. The van der Waals surface area contributed by atoms with Crippen LogP contribution >= 0.6 is 35.6 Å². The molecule has 0 bridgehead atoms. The van der Waals surface area contributed by atoms with Crippen molar-refractivity contribution in [1.82, 2.24) is 10.6 Å². The molecule has 2 amide bonds. The first kappa shape index (κ1) is 39.1. The summed E-state index contributed by atoms with van der Waals surface area (Å²) in [5.74, 6) is -0.0982. The van der Waals surface area contributed by atoms with E-state index in [0.29, 0.717) is 51.3 Å². The first-order valence-electron chi connectivity index (χ1n) is 17.2. The van der Waals surface area contributed by atoms with E-state index in [4.69, 9.17) is 42.7 Å². The number of carbonyl (C=O) groups excluding carboxylic acids is 3. The molecular formula is C42H35Cl3N4O6. The number of nitrogens with one attached hydrogen (secondary N) is 3. The molecule has 5 aromatic rings. The number of carbonyl (C=O) groups is 3. The smallest absolute Gasteiger partial charge is 0.328 e. The molecule has 5 aromatic carbocycles. The summed E-state index contributed by atoms with van der Waals surface area (Å²) >= 11 is 12.3. The predicted molar refractivity (Wildman–Crippen MR) is 212 cm³/mol. The van der Waals surface area contributed by atoms with Crippen LogP contribution in [0.4, 0.5) is 5.69 Å². The van der Waals surface area contributed by atoms with Gasteiger partial charge in [-0.05, 0) is 88.8 Å². The van der Waals surface area contributed by atoms with Crippen LogP contribution in [0.1, 0.15) is 39.5 Å². The SMILES string of the molecule is COC(=O)[C@H](Cc1ccc(-c2ccc(C#N)cc2)cc1)NC(=O)C1Cc2cc3c(cc2CN1)O[C@@H](c1ccc(OCc2cc(Cl)ccc2Cl)cc1)C(=O)N3.Cl. The molecule has 0 aromatic heterocycles. The van der Waals surface area contributed by atoms with Crippen LogP contribution in [0.25, 0.3) is 11.1 Å². The Balaban J connectivity index is 0.00000514. The summed E-state index contributed by atoms with van der Waals surface area (Å²) in [6.07, 6.45) is -0.298. The van der Waals surface area contributed by atoms with Crippen molar-refractivity contribution in [1.29, 1.82) is 5.26 Å². The number of amides is 2. The van der Waals surface area contributed by atoms with Crippen molar-refractivity contribution in [3.8, 4) is 28.7 Å². The molecule has 7 rings (SSSR count). The highest BCUT2D eigenvalue weighted by Crippen LogP contribution is 2.38. The summed E-state index contributed by atoms with van der Waals surface area (Å²) in [7, 11) is 1.29. The molecule has 10 nitrogen and oxygen atoms in total. The van der Waals surface area contributed by atoms with Gasteiger partial charge in [0.1, 0.15) is 24.1 Å². The van der Waals surface area contributed by atoms with Gasteiger partial charge in [0.25, 0.3) is 5.91 Å². The summed E-state index contributed by atoms with van der Waals surface area (Å²) in [5.41, 5.74) is 7.09. The van der Waals surface area contributed by atoms with Gasteiger partial charge >= 0.3 is 5.97 Å². The topological polar surface area (TPSA) is 139 Å². The lowest BCUT2D eigenvalue weighted by Gasteiger charge is -2.31. The van der Waals surface area contributed by atoms with Gasteiger partial charge < -0.3 is 30.2 Å². The van der Waals surface area contributed by atoms with Gasteiger partial charge in [-0.15, -0.1) is 12.4 Å². The molecular weight excluding hydrogens is 763 g/mol. The van der Waals surface area contributed by atoms with Gasteiger partial charge in [-0.25, -0.2) is 4.79 Å². The van der Waals surface area contributed by atoms with E-state index in [-0.39, 0.29) is 37.2 Å². The molecule has 1 unspecified atom stereocenters. The predicted octanol–water partition coefficient (Wildman–Crippen LogP) is 7.52. The Morgan fingerprint density at radius 1 is 0.945 bits per heavy atom. The van der Waals surface area contributed by atoms with Crippen LogP contribution in [-0.4, -0.2) is 37.0 Å². The first-order chi connectivity index (χ1) is 26.2. The Hall–Kier alpha value is -5.57. The lowest BCUT2D eigenvalue weighted by molar-refractivity contribution is -0.145. The Labute approximate surface area is 334 Å². The number of nitrogens with zero attached hydrogens (tertiary/aromatic N) is 1. The maximum absolute atomic E-state index is 13.5. The zero-order valence-electron chi connectivity index (χ0n) is 29.4. The van der Waals surface area contributed by atoms with Crippen LogP contribution in [0.15, 0.2) is 103 Å². The zero-order chi connectivity index (χ0) is 37.8. The Bertz CT molecular complexity index is 2260. The molecule has 0 fully saturated rings. The summed E-state index contributed by atoms with van der Waals surface area (Å²) in [6.45, 7) is 0.613. The fraction of sp³-hybridized carbons (Fsp3) is 0.190. The average molecular weight is 798 g/mol. The van der Waals surface area contributed by atoms with Crippen LogP contribution in [0.5, 0.6) is 11.5 Å². The average Bonchev–Trinajstić information content (AvgIpc) is 3.20. The second-order valence-corrected chi connectivity index (χ2v) is 13.9. The zero-order valence-corrected chi connectivity index (χ0v) is 31.8. The van der Waals surface area contributed by atoms with Crippen molar-refractivity contribution in [3.05, 3.63) is 147 Å². The lowest BCUT2D eigenvalue weighted by Crippen LogP contribution is -2.53. The largest absolute Gasteiger partial charge is 0.489 e. The number of nitriles is 1. The number of halogens is 3. The van der Waals surface area contributed by atoms with Crippen molar-refractivity contribution in [2.75, 3.05) is 12.4 Å². The highest BCUT2D eigenvalue weighted by atomic mass is 35.5. The van der Waals surface area contributed by atoms with Gasteiger partial charge in [0.05, 0.1) is 30.5 Å². The van der Waals surface area contributed by atoms with Crippen LogP contribution in [-0.2, 0) is 45.1 Å². The number of hydrogen-bond donors (Lipinski definition) is 3. The molecule has 2 aliphatic heterocycles. The van der Waals surface area contributed by atoms with Gasteiger partial charge in [-0.1, -0.05) is 71.7 Å². The highest BCUT2D eigenvalue weighted by molar-refractivity contribution is 6.33. The summed E-state index contributed by atoms with van der Waals surface area (Å²) in [4.78, 5) is 39.5. The van der Waals surface area contributed by atoms with Gasteiger partial charge in [0.15, 0.2) is 0 Å². The van der Waals surface area contributed by atoms with Gasteiger partial charge in [0.2, 0.25) is 12.0 Å². The van der Waals surface area contributed by atoms with Crippen molar-refractivity contribution >= 4 is 59.1 Å². The molecule has 0 radical (unpaired) electrons. The van der Waals surface area contributed by atoms with Crippen LogP contribution in [0.2, 0.25) is 10.0 Å². The maximum Gasteiger partial charge on any atom is 0.328 e. The number of esters is 1. The molecule has 55 heavy (non-hydrogen) atoms. The molecule has 0 saturated carbocycles. The number of rotatable bonds is 10. The number of ether oxygens (including phenoxy) is 3. The van der Waals surface area contributed by atoms with E-state index in [2.05, 4.69) is 22.0 Å². The van der Waals surface area contributed by atoms with Crippen LogP contribution in [0, 0.1) is 11.3 Å². The third kappa shape index (κ3) is 9.05. The Kier molecular flexibility index (Phi) is 12.3. The van der Waals surface area contributed by atoms with Crippen molar-refractivity contribution in [3.63, 3.8) is 0 Å². The molecule has 0 spiro atoms. The molecule has 13 heteroatoms. The van der Waals surface area contributed by atoms with E-state index in [1.807, 2.05) is 48.5 Å².